The van der Waals surface area contributed by atoms with Crippen molar-refractivity contribution < 1.29 is 28.6 Å². The van der Waals surface area contributed by atoms with E-state index in [0.717, 1.165) is 143 Å². The van der Waals surface area contributed by atoms with Crippen molar-refractivity contribution in [3.05, 3.63) is 133 Å². The zero-order valence-corrected chi connectivity index (χ0v) is 79.3. The highest BCUT2D eigenvalue weighted by atomic mass is 127. The molecule has 0 spiro atoms. The molecule has 0 aliphatic carbocycles. The molecule has 12 aromatic rings. The molecule has 0 aliphatic rings. The summed E-state index contributed by atoms with van der Waals surface area (Å²) in [5, 5.41) is 56.1. The smallest absolute Gasteiger partial charge is 0.408 e. The van der Waals surface area contributed by atoms with Gasteiger partial charge in [0.25, 0.3) is 0 Å². The summed E-state index contributed by atoms with van der Waals surface area (Å²) in [5.41, 5.74) is 7.75. The lowest BCUT2D eigenvalue weighted by Crippen LogP contribution is -2.33. The number of nitrogens with zero attached hydrogens (tertiary/aromatic N) is 15. The molecule has 12 heterocycles. The molecular weight excluding hydrogens is 1990 g/mol. The predicted octanol–water partition coefficient (Wildman–Crippen LogP) is 16.3. The second kappa shape index (κ2) is 49.5. The monoisotopic (exact) mass is 2080 g/mol. The quantitative estimate of drug-likeness (QED) is 0.0199. The third kappa shape index (κ3) is 37.3. The number of rotatable bonds is 15. The molecule has 0 atom stereocenters. The Labute approximate surface area is 739 Å². The number of aromatic amines is 6. The van der Waals surface area contributed by atoms with Gasteiger partial charge in [0, 0.05) is 104 Å². The normalized spacial score (nSPS) is 10.8. The van der Waals surface area contributed by atoms with Crippen LogP contribution in [-0.4, -0.2) is 222 Å². The number of ether oxygens (including phenoxy) is 3. The second-order valence-electron chi connectivity index (χ2n) is 28.7. The van der Waals surface area contributed by atoms with E-state index in [4.69, 9.17) is 27.1 Å². The number of hydrogen-bond donors (Lipinski definition) is 9. The summed E-state index contributed by atoms with van der Waals surface area (Å²) < 4.78 is 21.9. The van der Waals surface area contributed by atoms with Crippen molar-refractivity contribution in [3.63, 3.8) is 0 Å². The number of carbonyl (C=O) groups excluding carboxylic acids is 3. The van der Waals surface area contributed by atoms with Crippen molar-refractivity contribution in [1.29, 1.82) is 0 Å². The van der Waals surface area contributed by atoms with E-state index in [1.807, 2.05) is 83.0 Å². The van der Waals surface area contributed by atoms with Gasteiger partial charge in [-0.2, -0.15) is 30.6 Å². The van der Waals surface area contributed by atoms with Crippen molar-refractivity contribution in [2.24, 2.45) is 0 Å². The standard InChI is InChI=1S/C14H19BrN4O2.C14H15BrN4O2.C11H15BrN4.C11H11BrN4.C10H12BrN3.C8H13NO2.C6H3BrIN3.C5H9N/c2*1-14(2,3)21-13(20)16-6-4-5-11-10-7-9(15)8-17-12(10)19-18-11;2*1-16(2)5-3-4-10-9-6-8(12)7-13-11(9)15-14-10;1-2-3-4-9-8-5-7(11)6-12-10(8)14-13-9;1-5-6-9-7(10)11-8(2,3)4;7-3-1-4-5(8)10-11-6(4)9-2-3;1-4-5-6(2)3/h7-8H,4-6H2,1-3H3,(H,16,20)(H,17,18,19);7-8H,6H2,1-3H3,(H,16,20)(H,17,18,19);6-7H,3-5H2,1-2H3,(H,13,14,15);6-7H,5H2,1-2H3,(H,13,14,15);5-6H,2-4H2,1H3,(H,12,13,14);1H,6H2,2-4H3,(H,9,10);1-2H,(H,9,10,11);1H,5H2,2-3H3. The lowest BCUT2D eigenvalue weighted by Gasteiger charge is -2.19. The van der Waals surface area contributed by atoms with E-state index in [1.165, 1.54) is 24.2 Å². The van der Waals surface area contributed by atoms with Crippen LogP contribution in [0.25, 0.3) is 66.2 Å². The number of fused-ring (bicyclic) bond motifs is 6. The van der Waals surface area contributed by atoms with Gasteiger partial charge in [0.15, 0.2) is 33.9 Å². The molecule has 12 aromatic heterocycles. The summed E-state index contributed by atoms with van der Waals surface area (Å²) in [4.78, 5) is 65.0. The SMILES string of the molecule is Brc1cnc2n[nH]c(I)c2c1.C#CCN(C)C.C#CCNC(=O)OC(C)(C)C.CC(C)(C)OC(=O)NCC#Cc1[nH]nc2ncc(Br)cc12.CC(C)(C)OC(=O)NCCCc1[nH]nc2ncc(Br)cc12.CCCCc1[nH]nc2ncc(Br)cc12.CN(C)CC#Cc1[nH]nc2ncc(Br)cc12.CN(C)CCCc1[nH]nc2ncc(Br)cc12. The molecule has 9 N–H and O–H groups in total. The number of terminal acetylenes is 2. The molecule has 0 unspecified atom stereocenters. The first-order valence-electron chi connectivity index (χ1n) is 36.1. The number of halogens is 7. The number of aryl methyl sites for hydroxylation is 3. The minimum Gasteiger partial charge on any atom is -0.444 e. The van der Waals surface area contributed by atoms with Gasteiger partial charge in [-0.05, 0) is 316 Å². The summed E-state index contributed by atoms with van der Waals surface area (Å²) in [6.07, 6.45) is 26.0. The predicted molar refractivity (Wildman–Crippen MR) is 487 cm³/mol. The zero-order valence-electron chi connectivity index (χ0n) is 67.6. The largest absolute Gasteiger partial charge is 0.444 e. The number of alkyl carbamates (subject to hydrolysis) is 3. The fourth-order valence-corrected chi connectivity index (χ4v) is 11.8. The Morgan fingerprint density at radius 3 is 1.11 bits per heavy atom. The third-order valence-electron chi connectivity index (χ3n) is 14.2. The van der Waals surface area contributed by atoms with Crippen LogP contribution in [0.5, 0.6) is 0 Å². The number of aromatic nitrogens is 18. The Morgan fingerprint density at radius 2 is 0.750 bits per heavy atom. The Bertz CT molecular complexity index is 5350. The van der Waals surface area contributed by atoms with Gasteiger partial charge in [0.1, 0.15) is 31.9 Å². The first-order chi connectivity index (χ1) is 54.8. The minimum absolute atomic E-state index is 0.191. The molecule has 12 rings (SSSR count). The van der Waals surface area contributed by atoms with E-state index in [1.54, 1.807) is 78.7 Å². The molecule has 0 radical (unpaired) electrons. The number of hydrogen-bond acceptors (Lipinski definition) is 21. The van der Waals surface area contributed by atoms with Crippen molar-refractivity contribution >= 4 is 203 Å². The van der Waals surface area contributed by atoms with Crippen LogP contribution in [0.2, 0.25) is 0 Å². The van der Waals surface area contributed by atoms with Gasteiger partial charge in [-0.3, -0.25) is 40.4 Å². The Morgan fingerprint density at radius 1 is 0.422 bits per heavy atom. The van der Waals surface area contributed by atoms with Gasteiger partial charge in [-0.25, -0.2) is 44.3 Å². The Hall–Kier alpha value is -8.74. The topological polar surface area (TPSA) is 374 Å². The number of H-pyrrole nitrogens is 6. The number of nitrogens with one attached hydrogen (secondary N) is 9. The van der Waals surface area contributed by atoms with Crippen LogP contribution in [0.3, 0.4) is 0 Å². The van der Waals surface area contributed by atoms with Gasteiger partial charge in [-0.15, -0.1) is 12.8 Å². The molecule has 0 saturated carbocycles. The maximum atomic E-state index is 11.5. The first-order valence-corrected chi connectivity index (χ1v) is 42.0. The van der Waals surface area contributed by atoms with Crippen LogP contribution in [0.15, 0.2) is 100 Å². The Balaban J connectivity index is 0.000000241. The highest BCUT2D eigenvalue weighted by molar-refractivity contribution is 14.1. The van der Waals surface area contributed by atoms with E-state index in [2.05, 4.69) is 299 Å². The Kier molecular flexibility index (Phi) is 41.7. The van der Waals surface area contributed by atoms with Crippen molar-refractivity contribution in [2.75, 3.05) is 81.6 Å². The number of amides is 3. The fourth-order valence-electron chi connectivity index (χ4n) is 9.29. The molecule has 0 fully saturated rings. The van der Waals surface area contributed by atoms with Crippen LogP contribution >= 0.6 is 118 Å². The van der Waals surface area contributed by atoms with Gasteiger partial charge >= 0.3 is 18.3 Å². The molecule has 0 saturated heterocycles. The van der Waals surface area contributed by atoms with E-state index < -0.39 is 29.0 Å². The molecular formula is C79H97Br6IN24O6. The first kappa shape index (κ1) is 97.8. The van der Waals surface area contributed by atoms with E-state index in [0.29, 0.717) is 29.2 Å². The molecule has 618 valence electrons. The lowest BCUT2D eigenvalue weighted by atomic mass is 10.1. The minimum atomic E-state index is -0.519. The van der Waals surface area contributed by atoms with Crippen LogP contribution in [0.4, 0.5) is 14.4 Å². The molecule has 0 bridgehead atoms. The number of pyridine rings is 6. The third-order valence-corrected chi connectivity index (χ3v) is 17.6. The lowest BCUT2D eigenvalue weighted by molar-refractivity contribution is 0.0518. The van der Waals surface area contributed by atoms with E-state index >= 15 is 0 Å². The number of carbonyl (C=O) groups is 3. The van der Waals surface area contributed by atoms with Gasteiger partial charge < -0.3 is 35.1 Å². The zero-order chi connectivity index (χ0) is 85.7. The highest BCUT2D eigenvalue weighted by Gasteiger charge is 2.19. The molecule has 30 nitrogen and oxygen atoms in total. The van der Waals surface area contributed by atoms with Crippen molar-refractivity contribution in [2.45, 2.75) is 131 Å². The van der Waals surface area contributed by atoms with Crippen LogP contribution in [-0.2, 0) is 33.5 Å². The molecule has 116 heavy (non-hydrogen) atoms. The maximum absolute atomic E-state index is 11.5. The molecule has 0 aliphatic heterocycles. The summed E-state index contributed by atoms with van der Waals surface area (Å²) in [6, 6.07) is 12.0. The van der Waals surface area contributed by atoms with Crippen LogP contribution in [0, 0.1) is 52.1 Å². The van der Waals surface area contributed by atoms with Crippen molar-refractivity contribution in [3.8, 4) is 48.4 Å². The van der Waals surface area contributed by atoms with Gasteiger partial charge in [0.2, 0.25) is 0 Å². The summed E-state index contributed by atoms with van der Waals surface area (Å²) >= 11 is 22.5. The van der Waals surface area contributed by atoms with Gasteiger partial charge in [-0.1, -0.05) is 37.0 Å². The van der Waals surface area contributed by atoms with E-state index in [-0.39, 0.29) is 19.2 Å². The van der Waals surface area contributed by atoms with Crippen LogP contribution in [0.1, 0.15) is 123 Å². The summed E-state index contributed by atoms with van der Waals surface area (Å²) in [6.45, 7) is 22.0. The van der Waals surface area contributed by atoms with Crippen LogP contribution < -0.4 is 16.0 Å². The van der Waals surface area contributed by atoms with Crippen molar-refractivity contribution in [1.82, 2.24) is 122 Å². The second-order valence-corrected chi connectivity index (χ2v) is 35.3. The summed E-state index contributed by atoms with van der Waals surface area (Å²) in [5.74, 6) is 16.6. The average molecular weight is 2090 g/mol. The highest BCUT2D eigenvalue weighted by Crippen LogP contribution is 2.25. The maximum Gasteiger partial charge on any atom is 0.408 e. The fraction of sp³-hybridized carbons (Fsp3) is 0.405. The van der Waals surface area contributed by atoms with E-state index in [9.17, 15) is 14.4 Å². The number of unbranched alkanes of at least 4 members (excludes halogenated alkanes) is 1. The average Bonchev–Trinajstić information content (AvgIpc) is 1.76. The summed E-state index contributed by atoms with van der Waals surface area (Å²) in [7, 11) is 12.0. The molecule has 37 heteroatoms. The molecule has 3 amide bonds. The molecule has 0 aromatic carbocycles. The van der Waals surface area contributed by atoms with Gasteiger partial charge in [0.05, 0.1) is 42.3 Å².